The van der Waals surface area contributed by atoms with Gasteiger partial charge in [0.2, 0.25) is 5.43 Å². The van der Waals surface area contributed by atoms with Gasteiger partial charge in [-0.15, -0.1) is 0 Å². The second kappa shape index (κ2) is 9.43. The van der Waals surface area contributed by atoms with Crippen LogP contribution in [0.1, 0.15) is 59.2 Å². The van der Waals surface area contributed by atoms with Crippen molar-refractivity contribution in [3.63, 3.8) is 0 Å². The molecule has 0 aliphatic heterocycles. The van der Waals surface area contributed by atoms with Gasteiger partial charge in [-0.2, -0.15) is 12.6 Å². The molecular weight excluding hydrogens is 398 g/mol. The highest BCUT2D eigenvalue weighted by atomic mass is 32.1. The van der Waals surface area contributed by atoms with Gasteiger partial charge in [0, 0.05) is 36.2 Å². The molecule has 0 spiro atoms. The van der Waals surface area contributed by atoms with E-state index >= 15 is 0 Å². The maximum atomic E-state index is 13.8. The molecule has 0 aliphatic carbocycles. The van der Waals surface area contributed by atoms with Crippen LogP contribution in [0, 0.1) is 24.5 Å². The number of aromatic hydroxyl groups is 1. The maximum Gasteiger partial charge on any atom is 0.257 e. The van der Waals surface area contributed by atoms with Crippen molar-refractivity contribution in [3.05, 3.63) is 62.6 Å². The number of carbonyl (C=O) groups is 1. The van der Waals surface area contributed by atoms with Crippen molar-refractivity contribution in [2.75, 3.05) is 0 Å². The van der Waals surface area contributed by atoms with E-state index in [2.05, 4.69) is 17.9 Å². The van der Waals surface area contributed by atoms with Crippen molar-refractivity contribution in [1.82, 2.24) is 9.88 Å². The number of hydrogen-bond acceptors (Lipinski definition) is 4. The van der Waals surface area contributed by atoms with Crippen LogP contribution in [0.2, 0.25) is 0 Å². The Morgan fingerprint density at radius 2 is 2.00 bits per heavy atom. The van der Waals surface area contributed by atoms with Gasteiger partial charge in [0.15, 0.2) is 5.75 Å². The molecule has 1 aromatic heterocycles. The number of nitrogens with zero attached hydrogens (tertiary/aromatic N) is 1. The van der Waals surface area contributed by atoms with Gasteiger partial charge in [-0.1, -0.05) is 26.3 Å². The van der Waals surface area contributed by atoms with E-state index in [9.17, 15) is 23.5 Å². The van der Waals surface area contributed by atoms with Crippen LogP contribution in [-0.4, -0.2) is 15.6 Å². The average molecular weight is 425 g/mol. The Morgan fingerprint density at radius 3 is 2.59 bits per heavy atom. The van der Waals surface area contributed by atoms with E-state index < -0.39 is 34.0 Å². The zero-order valence-corrected chi connectivity index (χ0v) is 17.8. The van der Waals surface area contributed by atoms with Crippen LogP contribution < -0.4 is 10.7 Å². The summed E-state index contributed by atoms with van der Waals surface area (Å²) < 4.78 is 28.5. The molecule has 2 rings (SSSR count). The fourth-order valence-corrected chi connectivity index (χ4v) is 3.77. The van der Waals surface area contributed by atoms with E-state index in [0.717, 1.165) is 18.6 Å². The smallest absolute Gasteiger partial charge is 0.257 e. The van der Waals surface area contributed by atoms with E-state index in [1.807, 2.05) is 13.8 Å². The minimum Gasteiger partial charge on any atom is -0.503 e. The molecule has 0 radical (unpaired) electrons. The molecule has 2 N–H and O–H groups in total. The predicted octanol–water partition coefficient (Wildman–Crippen LogP) is 4.01. The Morgan fingerprint density at radius 1 is 1.34 bits per heavy atom. The Labute approximate surface area is 174 Å². The molecule has 0 bridgehead atoms. The third kappa shape index (κ3) is 4.98. The lowest BCUT2D eigenvalue weighted by molar-refractivity contribution is 0.0946. The summed E-state index contributed by atoms with van der Waals surface area (Å²) in [7, 11) is 1.65. The topological polar surface area (TPSA) is 71.3 Å². The molecule has 2 unspecified atom stereocenters. The Bertz CT molecular complexity index is 975. The number of hydrogen-bond donors (Lipinski definition) is 3. The van der Waals surface area contributed by atoms with Gasteiger partial charge in [0.05, 0.1) is 5.69 Å². The first-order chi connectivity index (χ1) is 13.6. The fraction of sp³-hybridized carbons (Fsp3) is 0.429. The van der Waals surface area contributed by atoms with Crippen LogP contribution in [-0.2, 0) is 13.6 Å². The van der Waals surface area contributed by atoms with E-state index in [1.165, 1.54) is 6.07 Å². The van der Waals surface area contributed by atoms with Crippen molar-refractivity contribution >= 4 is 18.5 Å². The number of rotatable bonds is 7. The maximum absolute atomic E-state index is 13.8. The van der Waals surface area contributed by atoms with Crippen LogP contribution >= 0.6 is 12.6 Å². The Kier molecular flexibility index (Phi) is 7.46. The summed E-state index contributed by atoms with van der Waals surface area (Å²) in [5.74, 6) is -2.47. The number of amides is 1. The largest absolute Gasteiger partial charge is 0.503 e. The molecule has 158 valence electrons. The van der Waals surface area contributed by atoms with Gasteiger partial charge in [-0.3, -0.25) is 9.59 Å². The quantitative estimate of drug-likeness (QED) is 0.588. The molecule has 1 amide bonds. The van der Waals surface area contributed by atoms with Gasteiger partial charge in [-0.05, 0) is 25.3 Å². The van der Waals surface area contributed by atoms with Crippen LogP contribution in [0.4, 0.5) is 8.78 Å². The van der Waals surface area contributed by atoms with Gasteiger partial charge in [0.25, 0.3) is 5.91 Å². The zero-order chi connectivity index (χ0) is 21.9. The lowest BCUT2D eigenvalue weighted by Crippen LogP contribution is -2.33. The normalized spacial score (nSPS) is 13.2. The number of halogens is 2. The van der Waals surface area contributed by atoms with Gasteiger partial charge in [0.1, 0.15) is 17.2 Å². The SMILES string of the molecule is CCC(C)CC(S)c1c(C(=O)NCc2ccc(F)cc2F)c(=O)c(O)c(C)n1C. The highest BCUT2D eigenvalue weighted by molar-refractivity contribution is 7.80. The number of thiol groups is 1. The second-order valence-electron chi connectivity index (χ2n) is 7.27. The van der Waals surface area contributed by atoms with Gasteiger partial charge >= 0.3 is 0 Å². The molecule has 0 fully saturated rings. The number of aromatic nitrogens is 1. The molecule has 2 atom stereocenters. The Hall–Kier alpha value is -2.35. The third-order valence-electron chi connectivity index (χ3n) is 5.23. The zero-order valence-electron chi connectivity index (χ0n) is 16.9. The van der Waals surface area contributed by atoms with E-state index in [-0.39, 0.29) is 17.7 Å². The van der Waals surface area contributed by atoms with Crippen molar-refractivity contribution in [2.24, 2.45) is 13.0 Å². The molecule has 1 aromatic carbocycles. The molecule has 0 saturated heterocycles. The highest BCUT2D eigenvalue weighted by Crippen LogP contribution is 2.32. The van der Waals surface area contributed by atoms with Crippen LogP contribution in [0.3, 0.4) is 0 Å². The first-order valence-corrected chi connectivity index (χ1v) is 9.92. The third-order valence-corrected chi connectivity index (χ3v) is 5.68. The fourth-order valence-electron chi connectivity index (χ4n) is 3.10. The molecule has 8 heteroatoms. The van der Waals surface area contributed by atoms with Crippen LogP contribution in [0.15, 0.2) is 23.0 Å². The number of nitrogens with one attached hydrogen (secondary N) is 1. The average Bonchev–Trinajstić information content (AvgIpc) is 2.67. The molecular formula is C21H26F2N2O3S. The standard InChI is InChI=1S/C21H26F2N2O3S/c1-5-11(2)8-16(29)18-17(20(27)19(26)12(3)25(18)4)21(28)24-10-13-6-7-14(22)9-15(13)23/h6-7,9,11,16,26,29H,5,8,10H2,1-4H3,(H,24,28). The summed E-state index contributed by atoms with van der Waals surface area (Å²) in [5.41, 5.74) is -0.214. The minimum atomic E-state index is -0.797. The number of benzene rings is 1. The monoisotopic (exact) mass is 424 g/mol. The summed E-state index contributed by atoms with van der Waals surface area (Å²) in [6.07, 6.45) is 1.54. The lowest BCUT2D eigenvalue weighted by atomic mass is 9.97. The first kappa shape index (κ1) is 22.9. The van der Waals surface area contributed by atoms with Crippen molar-refractivity contribution in [2.45, 2.75) is 45.4 Å². The molecule has 0 saturated carbocycles. The molecule has 5 nitrogen and oxygen atoms in total. The summed E-state index contributed by atoms with van der Waals surface area (Å²) >= 11 is 4.62. The predicted molar refractivity (Wildman–Crippen MR) is 111 cm³/mol. The number of pyridine rings is 1. The second-order valence-corrected chi connectivity index (χ2v) is 7.89. The van der Waals surface area contributed by atoms with E-state index in [1.54, 1.807) is 18.5 Å². The molecule has 1 heterocycles. The van der Waals surface area contributed by atoms with Crippen LogP contribution in [0.25, 0.3) is 0 Å². The van der Waals surface area contributed by atoms with Crippen molar-refractivity contribution in [3.8, 4) is 5.75 Å². The molecule has 0 aliphatic rings. The molecule has 29 heavy (non-hydrogen) atoms. The lowest BCUT2D eigenvalue weighted by Gasteiger charge is -2.23. The summed E-state index contributed by atoms with van der Waals surface area (Å²) in [5, 5.41) is 12.3. The van der Waals surface area contributed by atoms with Gasteiger partial charge < -0.3 is 15.0 Å². The number of carbonyl (C=O) groups excluding carboxylic acids is 1. The van der Waals surface area contributed by atoms with Crippen LogP contribution in [0.5, 0.6) is 5.75 Å². The van der Waals surface area contributed by atoms with E-state index in [0.29, 0.717) is 23.7 Å². The van der Waals surface area contributed by atoms with Gasteiger partial charge in [-0.25, -0.2) is 8.78 Å². The first-order valence-electron chi connectivity index (χ1n) is 9.41. The summed E-state index contributed by atoms with van der Waals surface area (Å²) in [6, 6.07) is 3.03. The molecule has 2 aromatic rings. The van der Waals surface area contributed by atoms with E-state index in [4.69, 9.17) is 0 Å². The summed E-state index contributed by atoms with van der Waals surface area (Å²) in [6.45, 7) is 5.44. The Balaban J connectivity index is 2.43. The van der Waals surface area contributed by atoms with Crippen molar-refractivity contribution in [1.29, 1.82) is 0 Å². The van der Waals surface area contributed by atoms with Crippen molar-refractivity contribution < 1.29 is 18.7 Å². The minimum absolute atomic E-state index is 0.0801. The highest BCUT2D eigenvalue weighted by Gasteiger charge is 2.27. The summed E-state index contributed by atoms with van der Waals surface area (Å²) in [4.78, 5) is 25.6.